The van der Waals surface area contributed by atoms with Gasteiger partial charge in [-0.15, -0.1) is 16.9 Å². The molecule has 0 aliphatic carbocycles. The molecular weight excluding hydrogens is 336 g/mol. The van der Waals surface area contributed by atoms with Gasteiger partial charge in [0.15, 0.2) is 5.57 Å². The molecule has 1 fully saturated rings. The van der Waals surface area contributed by atoms with Crippen molar-refractivity contribution >= 4 is 51.1 Å². The standard InChI is InChI=1S/C14H10N4O3S2/c1-21-14(20)9(7-15)13-18(12(19)4-5-22-13)8-2-3-11-10(6-8)16-17-23-11/h2-3,6H,4-5H2,1H3. The second kappa shape index (κ2) is 6.36. The number of rotatable bonds is 2. The molecule has 7 nitrogen and oxygen atoms in total. The predicted octanol–water partition coefficient (Wildman–Crippen LogP) is 2.07. The van der Waals surface area contributed by atoms with E-state index in [0.717, 1.165) is 4.70 Å². The Kier molecular flexibility index (Phi) is 4.27. The van der Waals surface area contributed by atoms with Gasteiger partial charge in [0.25, 0.3) is 0 Å². The van der Waals surface area contributed by atoms with E-state index in [-0.39, 0.29) is 16.5 Å². The first kappa shape index (κ1) is 15.5. The van der Waals surface area contributed by atoms with Gasteiger partial charge in [-0.05, 0) is 29.7 Å². The summed E-state index contributed by atoms with van der Waals surface area (Å²) in [6.07, 6.45) is 0.321. The van der Waals surface area contributed by atoms with E-state index in [1.54, 1.807) is 12.1 Å². The number of anilines is 1. The predicted molar refractivity (Wildman–Crippen MR) is 86.6 cm³/mol. The van der Waals surface area contributed by atoms with E-state index in [0.29, 0.717) is 23.4 Å². The lowest BCUT2D eigenvalue weighted by molar-refractivity contribution is -0.135. The van der Waals surface area contributed by atoms with Crippen LogP contribution in [0.2, 0.25) is 0 Å². The highest BCUT2D eigenvalue weighted by atomic mass is 32.2. The molecule has 0 unspecified atom stereocenters. The van der Waals surface area contributed by atoms with Crippen LogP contribution in [0.4, 0.5) is 5.69 Å². The molecule has 1 aliphatic rings. The van der Waals surface area contributed by atoms with Crippen molar-refractivity contribution in [2.45, 2.75) is 6.42 Å². The summed E-state index contributed by atoms with van der Waals surface area (Å²) in [6.45, 7) is 0. The van der Waals surface area contributed by atoms with Crippen molar-refractivity contribution in [2.24, 2.45) is 0 Å². The molecule has 1 aromatic heterocycles. The molecule has 2 aromatic rings. The summed E-state index contributed by atoms with van der Waals surface area (Å²) in [5.74, 6) is -0.433. The van der Waals surface area contributed by atoms with Crippen molar-refractivity contribution < 1.29 is 14.3 Å². The van der Waals surface area contributed by atoms with Crippen LogP contribution in [0.3, 0.4) is 0 Å². The average molecular weight is 346 g/mol. The van der Waals surface area contributed by atoms with E-state index in [4.69, 9.17) is 0 Å². The normalized spacial score (nSPS) is 17.0. The van der Waals surface area contributed by atoms with Gasteiger partial charge in [0.2, 0.25) is 5.91 Å². The second-order valence-corrected chi connectivity index (χ2v) is 6.41. The van der Waals surface area contributed by atoms with Crippen LogP contribution in [0.25, 0.3) is 10.2 Å². The van der Waals surface area contributed by atoms with E-state index >= 15 is 0 Å². The SMILES string of the molecule is COC(=O)C(C#N)=C1SCCC(=O)N1c1ccc2snnc2c1. The lowest BCUT2D eigenvalue weighted by atomic mass is 10.2. The molecule has 3 rings (SSSR count). The molecule has 1 aliphatic heterocycles. The zero-order valence-electron chi connectivity index (χ0n) is 12.0. The van der Waals surface area contributed by atoms with Gasteiger partial charge in [-0.25, -0.2) is 4.79 Å². The van der Waals surface area contributed by atoms with Gasteiger partial charge in [-0.2, -0.15) is 5.26 Å². The minimum absolute atomic E-state index is 0.179. The first-order valence-corrected chi connectivity index (χ1v) is 8.32. The van der Waals surface area contributed by atoms with E-state index in [9.17, 15) is 14.9 Å². The minimum Gasteiger partial charge on any atom is -0.465 e. The number of ether oxygens (including phenoxy) is 1. The highest BCUT2D eigenvalue weighted by Gasteiger charge is 2.31. The third kappa shape index (κ3) is 2.78. The Bertz CT molecular complexity index is 868. The van der Waals surface area contributed by atoms with Crippen molar-refractivity contribution in [3.05, 3.63) is 28.8 Å². The third-order valence-electron chi connectivity index (χ3n) is 3.21. The van der Waals surface area contributed by atoms with Crippen LogP contribution >= 0.6 is 23.3 Å². The molecule has 116 valence electrons. The number of esters is 1. The average Bonchev–Trinajstić information content (AvgIpc) is 3.03. The van der Waals surface area contributed by atoms with Gasteiger partial charge < -0.3 is 4.74 Å². The molecule has 0 spiro atoms. The summed E-state index contributed by atoms with van der Waals surface area (Å²) in [5.41, 5.74) is 1.03. The number of thioether (sulfide) groups is 1. The Morgan fingerprint density at radius 2 is 2.30 bits per heavy atom. The molecule has 0 atom stereocenters. The van der Waals surface area contributed by atoms with Crippen molar-refractivity contribution in [3.63, 3.8) is 0 Å². The Labute approximate surface area is 139 Å². The van der Waals surface area contributed by atoms with Crippen LogP contribution in [0, 0.1) is 11.3 Å². The van der Waals surface area contributed by atoms with E-state index in [1.807, 2.05) is 12.1 Å². The third-order valence-corrected chi connectivity index (χ3v) is 4.98. The summed E-state index contributed by atoms with van der Waals surface area (Å²) in [4.78, 5) is 25.6. The largest absolute Gasteiger partial charge is 0.465 e. The maximum atomic E-state index is 12.4. The molecule has 1 amide bonds. The molecule has 0 bridgehead atoms. The number of carbonyl (C=O) groups excluding carboxylic acids is 2. The number of methoxy groups -OCH3 is 1. The lowest BCUT2D eigenvalue weighted by Crippen LogP contribution is -2.34. The molecule has 0 N–H and O–H groups in total. The zero-order valence-corrected chi connectivity index (χ0v) is 13.6. The Balaban J connectivity index is 2.15. The van der Waals surface area contributed by atoms with Crippen LogP contribution in [0.5, 0.6) is 0 Å². The number of hydrogen-bond donors (Lipinski definition) is 0. The fourth-order valence-electron chi connectivity index (χ4n) is 2.16. The first-order chi connectivity index (χ1) is 11.2. The number of carbonyl (C=O) groups is 2. The molecule has 1 aromatic carbocycles. The van der Waals surface area contributed by atoms with Gasteiger partial charge in [-0.3, -0.25) is 9.69 Å². The maximum Gasteiger partial charge on any atom is 0.351 e. The number of aromatic nitrogens is 2. The van der Waals surface area contributed by atoms with E-state index in [2.05, 4.69) is 14.3 Å². The van der Waals surface area contributed by atoms with Crippen molar-refractivity contribution in [1.82, 2.24) is 9.59 Å². The van der Waals surface area contributed by atoms with Crippen LogP contribution in [-0.4, -0.2) is 34.3 Å². The quantitative estimate of drug-likeness (QED) is 0.466. The molecular formula is C14H10N4O3S2. The Hall–Kier alpha value is -2.44. The van der Waals surface area contributed by atoms with Gasteiger partial charge in [-0.1, -0.05) is 4.49 Å². The van der Waals surface area contributed by atoms with Gasteiger partial charge in [0, 0.05) is 12.2 Å². The smallest absolute Gasteiger partial charge is 0.351 e. The minimum atomic E-state index is -0.758. The molecule has 0 radical (unpaired) electrons. The van der Waals surface area contributed by atoms with E-state index < -0.39 is 5.97 Å². The van der Waals surface area contributed by atoms with Gasteiger partial charge in [0.05, 0.1) is 17.5 Å². The van der Waals surface area contributed by atoms with Crippen LogP contribution in [0.15, 0.2) is 28.8 Å². The summed E-state index contributed by atoms with van der Waals surface area (Å²) >= 11 is 2.54. The highest BCUT2D eigenvalue weighted by Crippen LogP contribution is 2.36. The zero-order chi connectivity index (χ0) is 16.4. The summed E-state index contributed by atoms with van der Waals surface area (Å²) in [5, 5.41) is 13.6. The van der Waals surface area contributed by atoms with Crippen molar-refractivity contribution in [2.75, 3.05) is 17.8 Å². The van der Waals surface area contributed by atoms with Crippen LogP contribution in [-0.2, 0) is 14.3 Å². The molecule has 23 heavy (non-hydrogen) atoms. The number of amides is 1. The van der Waals surface area contributed by atoms with Crippen molar-refractivity contribution in [3.8, 4) is 6.07 Å². The summed E-state index contributed by atoms with van der Waals surface area (Å²) in [6, 6.07) is 7.11. The number of fused-ring (bicyclic) bond motifs is 1. The van der Waals surface area contributed by atoms with E-state index in [1.165, 1.54) is 35.3 Å². The summed E-state index contributed by atoms with van der Waals surface area (Å²) < 4.78 is 9.40. The molecule has 0 saturated carbocycles. The summed E-state index contributed by atoms with van der Waals surface area (Å²) in [7, 11) is 1.20. The number of hydrogen-bond acceptors (Lipinski definition) is 8. The van der Waals surface area contributed by atoms with Crippen molar-refractivity contribution in [1.29, 1.82) is 5.26 Å². The van der Waals surface area contributed by atoms with Gasteiger partial charge in [0.1, 0.15) is 16.6 Å². The molecule has 2 heterocycles. The lowest BCUT2D eigenvalue weighted by Gasteiger charge is -2.29. The number of nitriles is 1. The second-order valence-electron chi connectivity index (χ2n) is 4.54. The fraction of sp³-hybridized carbons (Fsp3) is 0.214. The van der Waals surface area contributed by atoms with Crippen LogP contribution in [0.1, 0.15) is 6.42 Å². The number of benzene rings is 1. The fourth-order valence-corrected chi connectivity index (χ4v) is 3.78. The Morgan fingerprint density at radius 3 is 3.04 bits per heavy atom. The molecule has 9 heteroatoms. The number of nitrogens with zero attached hydrogens (tertiary/aromatic N) is 4. The maximum absolute atomic E-state index is 12.4. The molecule has 1 saturated heterocycles. The first-order valence-electron chi connectivity index (χ1n) is 6.56. The Morgan fingerprint density at radius 1 is 1.48 bits per heavy atom. The monoisotopic (exact) mass is 346 g/mol. The van der Waals surface area contributed by atoms with Crippen LogP contribution < -0.4 is 4.90 Å². The topological polar surface area (TPSA) is 96.2 Å². The highest BCUT2D eigenvalue weighted by molar-refractivity contribution is 8.03. The van der Waals surface area contributed by atoms with Gasteiger partial charge >= 0.3 is 5.97 Å².